The molecule has 1 saturated heterocycles. The minimum Gasteiger partial charge on any atom is -0.467 e. The third kappa shape index (κ3) is 4.42. The summed E-state index contributed by atoms with van der Waals surface area (Å²) in [5.74, 6) is 1.20. The quantitative estimate of drug-likeness (QED) is 0.782. The molecule has 1 N–H and O–H groups in total. The Balaban J connectivity index is 2.13. The van der Waals surface area contributed by atoms with Crippen molar-refractivity contribution >= 4 is 11.9 Å². The van der Waals surface area contributed by atoms with Crippen molar-refractivity contribution in [1.29, 1.82) is 0 Å². The minimum absolute atomic E-state index is 0.264. The second-order valence-corrected chi connectivity index (χ2v) is 5.05. The zero-order valence-corrected chi connectivity index (χ0v) is 13.1. The van der Waals surface area contributed by atoms with Gasteiger partial charge < -0.3 is 19.7 Å². The Kier molecular flexibility index (Phi) is 5.98. The van der Waals surface area contributed by atoms with E-state index in [9.17, 15) is 0 Å². The average Bonchev–Trinajstić information content (AvgIpc) is 3.03. The van der Waals surface area contributed by atoms with E-state index in [4.69, 9.17) is 9.47 Å². The van der Waals surface area contributed by atoms with Crippen LogP contribution in [0.5, 0.6) is 6.01 Å². The van der Waals surface area contributed by atoms with E-state index in [0.717, 1.165) is 45.5 Å². The lowest BCUT2D eigenvalue weighted by Gasteiger charge is -2.24. The zero-order valence-electron chi connectivity index (χ0n) is 13.1. The Hall–Kier alpha value is -1.63. The number of rotatable bonds is 8. The number of hydrogen-bond acceptors (Lipinski definition) is 7. The van der Waals surface area contributed by atoms with Gasteiger partial charge >= 0.3 is 6.01 Å². The lowest BCUT2D eigenvalue weighted by atomic mass is 10.2. The molecule has 0 aliphatic carbocycles. The van der Waals surface area contributed by atoms with Crippen LogP contribution in [0.2, 0.25) is 0 Å². The maximum absolute atomic E-state index is 5.70. The first-order valence-corrected chi connectivity index (χ1v) is 7.67. The summed E-state index contributed by atoms with van der Waals surface area (Å²) in [7, 11) is 1.57. The molecule has 1 aromatic rings. The molecular weight excluding hydrogens is 270 g/mol. The number of nitrogens with one attached hydrogen (secondary N) is 1. The number of ether oxygens (including phenoxy) is 2. The van der Waals surface area contributed by atoms with Crippen LogP contribution in [-0.2, 0) is 4.74 Å². The van der Waals surface area contributed by atoms with E-state index in [1.807, 2.05) is 0 Å². The highest BCUT2D eigenvalue weighted by molar-refractivity contribution is 5.38. The maximum atomic E-state index is 5.70. The van der Waals surface area contributed by atoms with Crippen LogP contribution in [0.25, 0.3) is 0 Å². The third-order valence-corrected chi connectivity index (χ3v) is 3.43. The fraction of sp³-hybridized carbons (Fsp3) is 0.786. The van der Waals surface area contributed by atoms with E-state index in [2.05, 4.69) is 39.0 Å². The molecule has 0 amide bonds. The molecule has 0 bridgehead atoms. The number of anilines is 2. The number of aromatic nitrogens is 3. The Bertz CT molecular complexity index is 437. The van der Waals surface area contributed by atoms with Crippen LogP contribution in [0.4, 0.5) is 11.9 Å². The van der Waals surface area contributed by atoms with Gasteiger partial charge in [0.25, 0.3) is 0 Å². The molecule has 7 nitrogen and oxygen atoms in total. The molecule has 1 aromatic heterocycles. The Labute approximate surface area is 126 Å². The monoisotopic (exact) mass is 295 g/mol. The van der Waals surface area contributed by atoms with Crippen molar-refractivity contribution in [3.8, 4) is 6.01 Å². The van der Waals surface area contributed by atoms with Crippen LogP contribution in [0.1, 0.15) is 33.1 Å². The Morgan fingerprint density at radius 2 is 2.19 bits per heavy atom. The van der Waals surface area contributed by atoms with Gasteiger partial charge in [-0.2, -0.15) is 15.0 Å². The maximum Gasteiger partial charge on any atom is 0.322 e. The van der Waals surface area contributed by atoms with Crippen molar-refractivity contribution in [3.63, 3.8) is 0 Å². The molecule has 1 unspecified atom stereocenters. The molecule has 1 atom stereocenters. The first kappa shape index (κ1) is 15.8. The molecule has 1 fully saturated rings. The van der Waals surface area contributed by atoms with E-state index < -0.39 is 0 Å². The first-order valence-electron chi connectivity index (χ1n) is 7.67. The standard InChI is InChI=1S/C14H25N5O2/c1-4-8-15-12-16-13(18-14(17-12)20-3)19(5-2)10-11-7-6-9-21-11/h11H,4-10H2,1-3H3,(H,15,16,17,18). The number of likely N-dealkylation sites (N-methyl/N-ethyl adjacent to an activating group) is 1. The van der Waals surface area contributed by atoms with Gasteiger partial charge in [-0.1, -0.05) is 6.92 Å². The van der Waals surface area contributed by atoms with Gasteiger partial charge in [-0.15, -0.1) is 0 Å². The largest absolute Gasteiger partial charge is 0.467 e. The van der Waals surface area contributed by atoms with Crippen molar-refractivity contribution in [2.24, 2.45) is 0 Å². The van der Waals surface area contributed by atoms with Gasteiger partial charge in [0.1, 0.15) is 0 Å². The van der Waals surface area contributed by atoms with Crippen LogP contribution in [0.3, 0.4) is 0 Å². The highest BCUT2D eigenvalue weighted by atomic mass is 16.5. The van der Waals surface area contributed by atoms with Gasteiger partial charge in [-0.25, -0.2) is 0 Å². The first-order chi connectivity index (χ1) is 10.3. The molecular formula is C14H25N5O2. The van der Waals surface area contributed by atoms with Crippen molar-refractivity contribution in [2.45, 2.75) is 39.2 Å². The van der Waals surface area contributed by atoms with Gasteiger partial charge in [0.2, 0.25) is 11.9 Å². The van der Waals surface area contributed by atoms with E-state index in [-0.39, 0.29) is 6.10 Å². The summed E-state index contributed by atoms with van der Waals surface area (Å²) in [4.78, 5) is 15.2. The van der Waals surface area contributed by atoms with E-state index in [1.165, 1.54) is 0 Å². The lowest BCUT2D eigenvalue weighted by Crippen LogP contribution is -2.33. The van der Waals surface area contributed by atoms with E-state index >= 15 is 0 Å². The van der Waals surface area contributed by atoms with E-state index in [0.29, 0.717) is 17.9 Å². The van der Waals surface area contributed by atoms with Crippen molar-refractivity contribution in [2.75, 3.05) is 43.6 Å². The number of hydrogen-bond donors (Lipinski definition) is 1. The highest BCUT2D eigenvalue weighted by Gasteiger charge is 2.21. The molecule has 7 heteroatoms. The Morgan fingerprint density at radius 3 is 2.81 bits per heavy atom. The van der Waals surface area contributed by atoms with Crippen LogP contribution in [-0.4, -0.2) is 54.4 Å². The van der Waals surface area contributed by atoms with Crippen molar-refractivity contribution < 1.29 is 9.47 Å². The molecule has 2 rings (SSSR count). The molecule has 0 aromatic carbocycles. The minimum atomic E-state index is 0.264. The summed E-state index contributed by atoms with van der Waals surface area (Å²) in [6, 6.07) is 0.337. The predicted molar refractivity (Wildman–Crippen MR) is 82.0 cm³/mol. The van der Waals surface area contributed by atoms with Gasteiger partial charge in [-0.05, 0) is 26.2 Å². The van der Waals surface area contributed by atoms with E-state index in [1.54, 1.807) is 7.11 Å². The molecule has 1 aliphatic heterocycles. The SMILES string of the molecule is CCCNc1nc(OC)nc(N(CC)CC2CCCO2)n1. The summed E-state index contributed by atoms with van der Waals surface area (Å²) in [6.07, 6.45) is 3.50. The van der Waals surface area contributed by atoms with Crippen molar-refractivity contribution in [1.82, 2.24) is 15.0 Å². The summed E-state index contributed by atoms with van der Waals surface area (Å²) >= 11 is 0. The van der Waals surface area contributed by atoms with Crippen LogP contribution in [0.15, 0.2) is 0 Å². The molecule has 118 valence electrons. The second-order valence-electron chi connectivity index (χ2n) is 5.05. The summed E-state index contributed by atoms with van der Waals surface area (Å²) in [6.45, 7) is 7.49. The summed E-state index contributed by atoms with van der Waals surface area (Å²) < 4.78 is 10.9. The highest BCUT2D eigenvalue weighted by Crippen LogP contribution is 2.19. The smallest absolute Gasteiger partial charge is 0.322 e. The third-order valence-electron chi connectivity index (χ3n) is 3.43. The fourth-order valence-corrected chi connectivity index (χ4v) is 2.28. The topological polar surface area (TPSA) is 72.4 Å². The Morgan fingerprint density at radius 1 is 1.33 bits per heavy atom. The predicted octanol–water partition coefficient (Wildman–Crippen LogP) is 1.71. The van der Waals surface area contributed by atoms with Gasteiger partial charge in [0.15, 0.2) is 0 Å². The molecule has 0 saturated carbocycles. The number of methoxy groups -OCH3 is 1. The van der Waals surface area contributed by atoms with Gasteiger partial charge in [0, 0.05) is 26.2 Å². The number of nitrogens with zero attached hydrogens (tertiary/aromatic N) is 4. The zero-order chi connectivity index (χ0) is 15.1. The normalized spacial score (nSPS) is 17.8. The fourth-order valence-electron chi connectivity index (χ4n) is 2.28. The molecule has 1 aliphatic rings. The lowest BCUT2D eigenvalue weighted by molar-refractivity contribution is 0.115. The molecule has 0 radical (unpaired) electrons. The molecule has 21 heavy (non-hydrogen) atoms. The van der Waals surface area contributed by atoms with Crippen LogP contribution in [0, 0.1) is 0 Å². The summed E-state index contributed by atoms with van der Waals surface area (Å²) in [5.41, 5.74) is 0. The molecule has 0 spiro atoms. The van der Waals surface area contributed by atoms with Gasteiger partial charge in [0.05, 0.1) is 13.2 Å². The van der Waals surface area contributed by atoms with Gasteiger partial charge in [-0.3, -0.25) is 0 Å². The summed E-state index contributed by atoms with van der Waals surface area (Å²) in [5, 5.41) is 3.18. The van der Waals surface area contributed by atoms with Crippen LogP contribution < -0.4 is 15.0 Å². The van der Waals surface area contributed by atoms with Crippen molar-refractivity contribution in [3.05, 3.63) is 0 Å². The average molecular weight is 295 g/mol. The second kappa shape index (κ2) is 7.97. The van der Waals surface area contributed by atoms with Crippen LogP contribution >= 0.6 is 0 Å². The molecule has 2 heterocycles.